The fourth-order valence-electron chi connectivity index (χ4n) is 2.33. The largest absolute Gasteiger partial charge is 0.497 e. The quantitative estimate of drug-likeness (QED) is 0.709. The van der Waals surface area contributed by atoms with Gasteiger partial charge in [0.15, 0.2) is 0 Å². The minimum absolute atomic E-state index is 0.203. The highest BCUT2D eigenvalue weighted by Gasteiger charge is 2.12. The molecule has 0 radical (unpaired) electrons. The highest BCUT2D eigenvalue weighted by Crippen LogP contribution is 2.22. The third-order valence-electron chi connectivity index (χ3n) is 3.64. The lowest BCUT2D eigenvalue weighted by molar-refractivity contribution is 0.0949. The van der Waals surface area contributed by atoms with Crippen LogP contribution in [0, 0.1) is 0 Å². The van der Waals surface area contributed by atoms with Gasteiger partial charge in [0.05, 0.1) is 30.6 Å². The summed E-state index contributed by atoms with van der Waals surface area (Å²) < 4.78 is 5.87. The molecule has 0 fully saturated rings. The maximum atomic E-state index is 12.4. The Kier molecular flexibility index (Phi) is 5.40. The van der Waals surface area contributed by atoms with Gasteiger partial charge in [-0.05, 0) is 40.2 Å². The van der Waals surface area contributed by atoms with Gasteiger partial charge in [0.25, 0.3) is 5.91 Å². The number of aromatic nitrogens is 2. The van der Waals surface area contributed by atoms with Gasteiger partial charge >= 0.3 is 0 Å². The second-order valence-electron chi connectivity index (χ2n) is 5.29. The van der Waals surface area contributed by atoms with E-state index in [0.717, 1.165) is 17.0 Å². The third-order valence-corrected chi connectivity index (χ3v) is 4.33. The molecule has 1 aromatic heterocycles. The standard InChI is InChI=1S/C19H16BrN3O2/c1-25-15-7-8-17(20)16(10-15)19(24)21-11-14-9-18(23-12-22-14)13-5-3-2-4-6-13/h2-10,12H,11H2,1H3,(H,21,24). The van der Waals surface area contributed by atoms with Gasteiger partial charge in [-0.25, -0.2) is 9.97 Å². The number of carbonyl (C=O) groups excluding carboxylic acids is 1. The van der Waals surface area contributed by atoms with Crippen LogP contribution in [0.2, 0.25) is 0 Å². The van der Waals surface area contributed by atoms with Gasteiger partial charge in [-0.15, -0.1) is 0 Å². The molecule has 1 N–H and O–H groups in total. The van der Waals surface area contributed by atoms with Crippen LogP contribution in [0.25, 0.3) is 11.3 Å². The zero-order valence-electron chi connectivity index (χ0n) is 13.6. The number of nitrogens with zero attached hydrogens (tertiary/aromatic N) is 2. The zero-order chi connectivity index (χ0) is 17.6. The molecule has 0 saturated carbocycles. The van der Waals surface area contributed by atoms with Crippen LogP contribution in [0.1, 0.15) is 16.1 Å². The first-order valence-electron chi connectivity index (χ1n) is 7.65. The Morgan fingerprint density at radius 2 is 1.92 bits per heavy atom. The lowest BCUT2D eigenvalue weighted by Gasteiger charge is -2.09. The van der Waals surface area contributed by atoms with Crippen molar-refractivity contribution < 1.29 is 9.53 Å². The second kappa shape index (κ2) is 7.90. The van der Waals surface area contributed by atoms with E-state index in [1.54, 1.807) is 25.3 Å². The van der Waals surface area contributed by atoms with Crippen LogP contribution in [0.4, 0.5) is 0 Å². The van der Waals surface area contributed by atoms with Gasteiger partial charge in [-0.1, -0.05) is 30.3 Å². The van der Waals surface area contributed by atoms with E-state index in [-0.39, 0.29) is 5.91 Å². The Balaban J connectivity index is 1.73. The SMILES string of the molecule is COc1ccc(Br)c(C(=O)NCc2cc(-c3ccccc3)ncn2)c1. The van der Waals surface area contributed by atoms with Gasteiger partial charge in [0, 0.05) is 10.0 Å². The lowest BCUT2D eigenvalue weighted by Crippen LogP contribution is -2.23. The van der Waals surface area contributed by atoms with Crippen molar-refractivity contribution in [3.05, 3.63) is 76.7 Å². The van der Waals surface area contributed by atoms with Crippen molar-refractivity contribution in [1.29, 1.82) is 0 Å². The highest BCUT2D eigenvalue weighted by molar-refractivity contribution is 9.10. The molecule has 0 aliphatic heterocycles. The maximum absolute atomic E-state index is 12.4. The normalized spacial score (nSPS) is 10.3. The molecule has 5 nitrogen and oxygen atoms in total. The molecule has 3 aromatic rings. The molecule has 0 unspecified atom stereocenters. The Bertz CT molecular complexity index is 885. The number of rotatable bonds is 5. The van der Waals surface area contributed by atoms with E-state index in [0.29, 0.717) is 22.3 Å². The second-order valence-corrected chi connectivity index (χ2v) is 6.14. The Hall–Kier alpha value is -2.73. The monoisotopic (exact) mass is 397 g/mol. The number of methoxy groups -OCH3 is 1. The summed E-state index contributed by atoms with van der Waals surface area (Å²) >= 11 is 3.39. The van der Waals surface area contributed by atoms with E-state index >= 15 is 0 Å². The molecule has 0 aliphatic rings. The number of halogens is 1. The van der Waals surface area contributed by atoms with E-state index in [2.05, 4.69) is 31.2 Å². The summed E-state index contributed by atoms with van der Waals surface area (Å²) in [7, 11) is 1.57. The summed E-state index contributed by atoms with van der Waals surface area (Å²) in [5, 5.41) is 2.87. The van der Waals surface area contributed by atoms with Gasteiger partial charge in [0.2, 0.25) is 0 Å². The van der Waals surface area contributed by atoms with Crippen molar-refractivity contribution >= 4 is 21.8 Å². The molecule has 6 heteroatoms. The summed E-state index contributed by atoms with van der Waals surface area (Å²) in [6.45, 7) is 0.310. The first-order chi connectivity index (χ1) is 12.2. The summed E-state index contributed by atoms with van der Waals surface area (Å²) in [4.78, 5) is 20.9. The molecule has 25 heavy (non-hydrogen) atoms. The molecule has 0 saturated heterocycles. The predicted octanol–water partition coefficient (Wildman–Crippen LogP) is 3.84. The average molecular weight is 398 g/mol. The number of hydrogen-bond acceptors (Lipinski definition) is 4. The van der Waals surface area contributed by atoms with Crippen LogP contribution in [-0.2, 0) is 6.54 Å². The van der Waals surface area contributed by atoms with Crippen molar-refractivity contribution in [1.82, 2.24) is 15.3 Å². The molecule has 2 aromatic carbocycles. The number of amides is 1. The van der Waals surface area contributed by atoms with Crippen LogP contribution >= 0.6 is 15.9 Å². The molecule has 126 valence electrons. The fourth-order valence-corrected chi connectivity index (χ4v) is 2.76. The number of carbonyl (C=O) groups is 1. The van der Waals surface area contributed by atoms with Gasteiger partial charge in [0.1, 0.15) is 12.1 Å². The topological polar surface area (TPSA) is 64.1 Å². The molecule has 0 aliphatic carbocycles. The van der Waals surface area contributed by atoms with Crippen molar-refractivity contribution in [2.75, 3.05) is 7.11 Å². The van der Waals surface area contributed by atoms with Crippen LogP contribution in [0.5, 0.6) is 5.75 Å². The molecule has 0 bridgehead atoms. The Morgan fingerprint density at radius 1 is 1.12 bits per heavy atom. The Labute approximate surface area is 154 Å². The van der Waals surface area contributed by atoms with Gasteiger partial charge < -0.3 is 10.1 Å². The van der Waals surface area contributed by atoms with Crippen molar-refractivity contribution in [2.45, 2.75) is 6.54 Å². The molecule has 1 heterocycles. The Morgan fingerprint density at radius 3 is 2.68 bits per heavy atom. The first-order valence-corrected chi connectivity index (χ1v) is 8.45. The third kappa shape index (κ3) is 4.22. The van der Waals surface area contributed by atoms with Crippen LogP contribution in [0.3, 0.4) is 0 Å². The molecular formula is C19H16BrN3O2. The highest BCUT2D eigenvalue weighted by atomic mass is 79.9. The number of benzene rings is 2. The summed E-state index contributed by atoms with van der Waals surface area (Å²) in [6.07, 6.45) is 1.51. The van der Waals surface area contributed by atoms with E-state index < -0.39 is 0 Å². The molecule has 1 amide bonds. The van der Waals surface area contributed by atoms with Crippen LogP contribution < -0.4 is 10.1 Å². The summed E-state index contributed by atoms with van der Waals surface area (Å²) in [5.74, 6) is 0.424. The average Bonchev–Trinajstić information content (AvgIpc) is 2.67. The smallest absolute Gasteiger partial charge is 0.252 e. The summed E-state index contributed by atoms with van der Waals surface area (Å²) in [5.41, 5.74) is 3.08. The molecule has 0 spiro atoms. The number of nitrogens with one attached hydrogen (secondary N) is 1. The fraction of sp³-hybridized carbons (Fsp3) is 0.105. The summed E-state index contributed by atoms with van der Waals surface area (Å²) in [6, 6.07) is 17.0. The van der Waals surface area contributed by atoms with E-state index in [9.17, 15) is 4.79 Å². The van der Waals surface area contributed by atoms with Crippen LogP contribution in [-0.4, -0.2) is 23.0 Å². The van der Waals surface area contributed by atoms with Crippen molar-refractivity contribution in [3.63, 3.8) is 0 Å². The molecular weight excluding hydrogens is 382 g/mol. The van der Waals surface area contributed by atoms with Crippen molar-refractivity contribution in [3.8, 4) is 17.0 Å². The number of hydrogen-bond donors (Lipinski definition) is 1. The van der Waals surface area contributed by atoms with E-state index in [1.165, 1.54) is 6.33 Å². The van der Waals surface area contributed by atoms with Crippen LogP contribution in [0.15, 0.2) is 65.4 Å². The first kappa shape index (κ1) is 17.1. The zero-order valence-corrected chi connectivity index (χ0v) is 15.2. The van der Waals surface area contributed by atoms with E-state index in [1.807, 2.05) is 36.4 Å². The predicted molar refractivity (Wildman–Crippen MR) is 99.3 cm³/mol. The van der Waals surface area contributed by atoms with Gasteiger partial charge in [-0.3, -0.25) is 4.79 Å². The molecule has 3 rings (SSSR count). The maximum Gasteiger partial charge on any atom is 0.252 e. The minimum Gasteiger partial charge on any atom is -0.497 e. The minimum atomic E-state index is -0.203. The molecule has 0 atom stereocenters. The van der Waals surface area contributed by atoms with Gasteiger partial charge in [-0.2, -0.15) is 0 Å². The lowest BCUT2D eigenvalue weighted by atomic mass is 10.1. The van der Waals surface area contributed by atoms with E-state index in [4.69, 9.17) is 4.74 Å². The number of ether oxygens (including phenoxy) is 1. The van der Waals surface area contributed by atoms with Crippen molar-refractivity contribution in [2.24, 2.45) is 0 Å².